The number of halogens is 1. The molecule has 1 unspecified atom stereocenters. The molecule has 2 aromatic heterocycles. The maximum atomic E-state index is 12.2. The molecule has 1 atom stereocenters. The van der Waals surface area contributed by atoms with Crippen LogP contribution < -0.4 is 5.32 Å². The number of methoxy groups -OCH3 is 1. The van der Waals surface area contributed by atoms with Crippen LogP contribution in [0.5, 0.6) is 0 Å². The Bertz CT molecular complexity index is 1140. The van der Waals surface area contributed by atoms with Crippen molar-refractivity contribution in [2.45, 2.75) is 19.3 Å². The van der Waals surface area contributed by atoms with Crippen molar-refractivity contribution in [3.05, 3.63) is 86.8 Å². The lowest BCUT2D eigenvalue weighted by atomic mass is 9.90. The molecule has 0 spiro atoms. The molecule has 1 aliphatic heterocycles. The molecule has 0 saturated carbocycles. The molecular formula is C23H20ClN3O2S. The molecule has 0 aliphatic carbocycles. The highest BCUT2D eigenvalue weighted by molar-refractivity contribution is 7.12. The Labute approximate surface area is 184 Å². The predicted octanol–water partition coefficient (Wildman–Crippen LogP) is 5.99. The topological polar surface area (TPSA) is 63.6 Å². The van der Waals surface area contributed by atoms with E-state index in [9.17, 15) is 4.79 Å². The number of aliphatic imine (C=N–C) groups is 1. The van der Waals surface area contributed by atoms with E-state index in [1.807, 2.05) is 41.8 Å². The number of nitrogens with one attached hydrogen (secondary N) is 1. The molecule has 3 aromatic rings. The Hall–Kier alpha value is -2.96. The fourth-order valence-corrected chi connectivity index (χ4v) is 4.32. The second-order valence-electron chi connectivity index (χ2n) is 6.94. The van der Waals surface area contributed by atoms with Gasteiger partial charge >= 0.3 is 5.97 Å². The van der Waals surface area contributed by atoms with Gasteiger partial charge in [-0.25, -0.2) is 9.79 Å². The highest BCUT2D eigenvalue weighted by Crippen LogP contribution is 2.33. The van der Waals surface area contributed by atoms with E-state index >= 15 is 0 Å². The van der Waals surface area contributed by atoms with E-state index in [0.717, 1.165) is 28.8 Å². The number of esters is 1. The van der Waals surface area contributed by atoms with Crippen molar-refractivity contribution in [1.82, 2.24) is 4.98 Å². The lowest BCUT2D eigenvalue weighted by molar-refractivity contribution is 0.0607. The van der Waals surface area contributed by atoms with Crippen LogP contribution in [0.1, 0.15) is 45.6 Å². The van der Waals surface area contributed by atoms with Gasteiger partial charge in [0.25, 0.3) is 0 Å². The summed E-state index contributed by atoms with van der Waals surface area (Å²) in [5.41, 5.74) is 4.44. The molecule has 0 amide bonds. The standard InChI is InChI=1S/C23H20ClN3O2S/c1-14-5-8-19(15-4-3-10-25-13-15)26-22(18-12-16(24)6-7-17(14)18)27-20-9-11-30-21(20)23(28)29-2/h3-4,6-14H,5H2,1-2H3,(H,26,27). The SMILES string of the molecule is COC(=O)c1sccc1NC1=NC(c2cccnc2)=CCC(C)c2ccc(Cl)cc21. The van der Waals surface area contributed by atoms with Crippen LogP contribution in [0.15, 0.2) is 65.2 Å². The number of hydrogen-bond acceptors (Lipinski definition) is 6. The third-order valence-corrected chi connectivity index (χ3v) is 6.07. The molecule has 7 heteroatoms. The number of benzene rings is 1. The number of carbonyl (C=O) groups is 1. The zero-order valence-electron chi connectivity index (χ0n) is 16.6. The second-order valence-corrected chi connectivity index (χ2v) is 8.29. The Morgan fingerprint density at radius 3 is 2.93 bits per heavy atom. The summed E-state index contributed by atoms with van der Waals surface area (Å²) < 4.78 is 4.92. The molecule has 1 aromatic carbocycles. The van der Waals surface area contributed by atoms with E-state index in [2.05, 4.69) is 23.3 Å². The van der Waals surface area contributed by atoms with Gasteiger partial charge in [-0.15, -0.1) is 11.3 Å². The molecule has 0 radical (unpaired) electrons. The lowest BCUT2D eigenvalue weighted by Gasteiger charge is -2.21. The van der Waals surface area contributed by atoms with Gasteiger partial charge in [-0.1, -0.05) is 30.7 Å². The zero-order chi connectivity index (χ0) is 21.1. The fourth-order valence-electron chi connectivity index (χ4n) is 3.38. The van der Waals surface area contributed by atoms with Gasteiger partial charge in [-0.3, -0.25) is 4.98 Å². The number of hydrogen-bond donors (Lipinski definition) is 1. The summed E-state index contributed by atoms with van der Waals surface area (Å²) in [4.78, 5) is 21.8. The number of pyridine rings is 1. The minimum absolute atomic E-state index is 0.263. The van der Waals surface area contributed by atoms with E-state index in [4.69, 9.17) is 21.3 Å². The minimum Gasteiger partial charge on any atom is -0.465 e. The molecule has 0 bridgehead atoms. The van der Waals surface area contributed by atoms with Gasteiger partial charge in [0.2, 0.25) is 0 Å². The second kappa shape index (κ2) is 8.81. The van der Waals surface area contributed by atoms with Crippen LogP contribution in [0, 0.1) is 0 Å². The number of ether oxygens (including phenoxy) is 1. The fraction of sp³-hybridized carbons (Fsp3) is 0.174. The van der Waals surface area contributed by atoms with Crippen LogP contribution in [0.4, 0.5) is 5.69 Å². The van der Waals surface area contributed by atoms with Gasteiger partial charge in [-0.05, 0) is 53.6 Å². The van der Waals surface area contributed by atoms with Crippen molar-refractivity contribution in [2.75, 3.05) is 12.4 Å². The molecule has 1 N–H and O–H groups in total. The van der Waals surface area contributed by atoms with Gasteiger partial charge in [-0.2, -0.15) is 0 Å². The molecule has 0 fully saturated rings. The molecule has 5 nitrogen and oxygen atoms in total. The number of anilines is 1. The average molecular weight is 438 g/mol. The van der Waals surface area contributed by atoms with Crippen LogP contribution in [-0.2, 0) is 4.74 Å². The Kier molecular flexibility index (Phi) is 5.97. The maximum absolute atomic E-state index is 12.2. The lowest BCUT2D eigenvalue weighted by Crippen LogP contribution is -2.19. The molecule has 30 heavy (non-hydrogen) atoms. The summed E-state index contributed by atoms with van der Waals surface area (Å²) in [6, 6.07) is 11.6. The number of allylic oxidation sites excluding steroid dienone is 1. The summed E-state index contributed by atoms with van der Waals surface area (Å²) in [7, 11) is 1.37. The normalized spacial score (nSPS) is 15.9. The van der Waals surface area contributed by atoms with Gasteiger partial charge in [0.05, 0.1) is 18.5 Å². The maximum Gasteiger partial charge on any atom is 0.350 e. The minimum atomic E-state index is -0.387. The van der Waals surface area contributed by atoms with Crippen LogP contribution in [0.2, 0.25) is 5.02 Å². The summed E-state index contributed by atoms with van der Waals surface area (Å²) in [6.07, 6.45) is 6.49. The number of nitrogens with zero attached hydrogens (tertiary/aromatic N) is 2. The summed E-state index contributed by atoms with van der Waals surface area (Å²) in [5.74, 6) is 0.498. The largest absolute Gasteiger partial charge is 0.465 e. The van der Waals surface area contributed by atoms with Crippen molar-refractivity contribution >= 4 is 46.1 Å². The van der Waals surface area contributed by atoms with Crippen LogP contribution >= 0.6 is 22.9 Å². The van der Waals surface area contributed by atoms with Gasteiger partial charge in [0.1, 0.15) is 10.7 Å². The van der Waals surface area contributed by atoms with E-state index in [0.29, 0.717) is 21.4 Å². The van der Waals surface area contributed by atoms with Crippen LogP contribution in [0.3, 0.4) is 0 Å². The number of carbonyl (C=O) groups excluding carboxylic acids is 1. The first-order chi connectivity index (χ1) is 14.6. The summed E-state index contributed by atoms with van der Waals surface area (Å²) >= 11 is 7.66. The predicted molar refractivity (Wildman–Crippen MR) is 123 cm³/mol. The first kappa shape index (κ1) is 20.3. The number of rotatable bonds is 3. The number of fused-ring (bicyclic) bond motifs is 1. The van der Waals surface area contributed by atoms with E-state index < -0.39 is 0 Å². The van der Waals surface area contributed by atoms with E-state index in [-0.39, 0.29) is 11.9 Å². The Balaban J connectivity index is 1.86. The molecule has 3 heterocycles. The van der Waals surface area contributed by atoms with Gasteiger partial charge in [0, 0.05) is 28.5 Å². The van der Waals surface area contributed by atoms with Crippen molar-refractivity contribution in [3.63, 3.8) is 0 Å². The summed E-state index contributed by atoms with van der Waals surface area (Å²) in [6.45, 7) is 2.18. The van der Waals surface area contributed by atoms with Crippen LogP contribution in [-0.4, -0.2) is 23.9 Å². The number of thiophene rings is 1. The van der Waals surface area contributed by atoms with Gasteiger partial charge in [0.15, 0.2) is 0 Å². The van der Waals surface area contributed by atoms with Crippen molar-refractivity contribution in [1.29, 1.82) is 0 Å². The highest BCUT2D eigenvalue weighted by atomic mass is 35.5. The first-order valence-electron chi connectivity index (χ1n) is 9.48. The third kappa shape index (κ3) is 4.15. The molecule has 1 aliphatic rings. The zero-order valence-corrected chi connectivity index (χ0v) is 18.1. The van der Waals surface area contributed by atoms with Gasteiger partial charge < -0.3 is 10.1 Å². The highest BCUT2D eigenvalue weighted by Gasteiger charge is 2.21. The summed E-state index contributed by atoms with van der Waals surface area (Å²) in [5, 5.41) is 5.83. The number of amidine groups is 1. The monoisotopic (exact) mass is 437 g/mol. The molecule has 4 rings (SSSR count). The van der Waals surface area contributed by atoms with Crippen molar-refractivity contribution in [2.24, 2.45) is 4.99 Å². The quantitative estimate of drug-likeness (QED) is 0.511. The molecule has 0 saturated heterocycles. The Morgan fingerprint density at radius 1 is 1.30 bits per heavy atom. The third-order valence-electron chi connectivity index (χ3n) is 4.94. The van der Waals surface area contributed by atoms with E-state index in [1.54, 1.807) is 12.4 Å². The number of aromatic nitrogens is 1. The molecular weight excluding hydrogens is 418 g/mol. The Morgan fingerprint density at radius 2 is 2.17 bits per heavy atom. The first-order valence-corrected chi connectivity index (χ1v) is 10.7. The average Bonchev–Trinajstić information content (AvgIpc) is 3.23. The smallest absolute Gasteiger partial charge is 0.350 e. The van der Waals surface area contributed by atoms with Crippen LogP contribution in [0.25, 0.3) is 5.70 Å². The van der Waals surface area contributed by atoms with Crippen molar-refractivity contribution in [3.8, 4) is 0 Å². The van der Waals surface area contributed by atoms with E-state index in [1.165, 1.54) is 18.4 Å². The molecule has 152 valence electrons. The van der Waals surface area contributed by atoms with Crippen molar-refractivity contribution < 1.29 is 9.53 Å².